The predicted molar refractivity (Wildman–Crippen MR) is 117 cm³/mol. The number of fused-ring (bicyclic) bond motifs is 2. The second-order valence-electron chi connectivity index (χ2n) is 7.57. The summed E-state index contributed by atoms with van der Waals surface area (Å²) in [6.45, 7) is 0.403. The molecule has 1 N–H and O–H groups in total. The smallest absolute Gasteiger partial charge is 0.264 e. The lowest BCUT2D eigenvalue weighted by atomic mass is 9.88. The molecule has 2 aliphatic heterocycles. The van der Waals surface area contributed by atoms with Crippen LogP contribution in [0.3, 0.4) is 0 Å². The summed E-state index contributed by atoms with van der Waals surface area (Å²) in [5, 5.41) is 11.5. The third-order valence-corrected chi connectivity index (χ3v) is 6.08. The Morgan fingerprint density at radius 3 is 2.61 bits per heavy atom. The molecule has 2 aliphatic rings. The lowest BCUT2D eigenvalue weighted by Gasteiger charge is -2.23. The van der Waals surface area contributed by atoms with Gasteiger partial charge in [-0.25, -0.2) is 0 Å². The first-order chi connectivity index (χ1) is 15.0. The molecular weight excluding hydrogens is 462 g/mol. The summed E-state index contributed by atoms with van der Waals surface area (Å²) in [7, 11) is 0. The number of hydrogen-bond acceptors (Lipinski definition) is 5. The number of Topliss-reactive ketones (excluding diaryl/α,β-unsaturated/α-hetero) is 1. The zero-order chi connectivity index (χ0) is 21.6. The standard InChI is InChI=1S/C24H18BrNO5/c25-17-7-8-19-18(11-17)24(29,23(28)26(19)13-15-4-2-1-3-5-15)12-20(27)16-6-9-21-22(10-16)31-14-30-21/h1-11,29H,12-14H2. The van der Waals surface area contributed by atoms with E-state index in [1.54, 1.807) is 30.3 Å². The first kappa shape index (κ1) is 19.8. The molecule has 2 heterocycles. The molecule has 1 amide bonds. The summed E-state index contributed by atoms with van der Waals surface area (Å²) >= 11 is 3.41. The van der Waals surface area contributed by atoms with Crippen molar-refractivity contribution in [3.63, 3.8) is 0 Å². The number of ketones is 1. The molecule has 1 atom stereocenters. The molecule has 7 heteroatoms. The Hall–Kier alpha value is -3.16. The minimum Gasteiger partial charge on any atom is -0.454 e. The average molecular weight is 480 g/mol. The fraction of sp³-hybridized carbons (Fsp3) is 0.167. The van der Waals surface area contributed by atoms with E-state index in [9.17, 15) is 14.7 Å². The van der Waals surface area contributed by atoms with Crippen molar-refractivity contribution >= 4 is 33.3 Å². The highest BCUT2D eigenvalue weighted by molar-refractivity contribution is 9.10. The summed E-state index contributed by atoms with van der Waals surface area (Å²) in [6.07, 6.45) is -0.375. The Balaban J connectivity index is 1.49. The van der Waals surface area contributed by atoms with Crippen LogP contribution in [0.4, 0.5) is 5.69 Å². The average Bonchev–Trinajstić information content (AvgIpc) is 3.32. The number of ether oxygens (including phenoxy) is 2. The topological polar surface area (TPSA) is 76.1 Å². The van der Waals surface area contributed by atoms with Crippen LogP contribution >= 0.6 is 15.9 Å². The summed E-state index contributed by atoms with van der Waals surface area (Å²) in [4.78, 5) is 28.0. The summed E-state index contributed by atoms with van der Waals surface area (Å²) < 4.78 is 11.3. The number of carbonyl (C=O) groups excluding carboxylic acids is 2. The molecule has 3 aromatic rings. The van der Waals surface area contributed by atoms with Crippen molar-refractivity contribution in [2.75, 3.05) is 11.7 Å². The number of aliphatic hydroxyl groups is 1. The third kappa shape index (κ3) is 3.40. The van der Waals surface area contributed by atoms with Crippen LogP contribution in [0.1, 0.15) is 27.9 Å². The summed E-state index contributed by atoms with van der Waals surface area (Å²) in [6, 6.07) is 19.7. The quantitative estimate of drug-likeness (QED) is 0.555. The molecule has 0 radical (unpaired) electrons. The van der Waals surface area contributed by atoms with Gasteiger partial charge in [-0.1, -0.05) is 46.3 Å². The lowest BCUT2D eigenvalue weighted by molar-refractivity contribution is -0.136. The van der Waals surface area contributed by atoms with Crippen LogP contribution in [0.2, 0.25) is 0 Å². The number of amides is 1. The van der Waals surface area contributed by atoms with Crippen molar-refractivity contribution in [3.05, 3.63) is 87.9 Å². The second-order valence-corrected chi connectivity index (χ2v) is 8.48. The van der Waals surface area contributed by atoms with Gasteiger partial charge in [0.05, 0.1) is 18.7 Å². The van der Waals surface area contributed by atoms with E-state index in [1.165, 1.54) is 4.90 Å². The van der Waals surface area contributed by atoms with Gasteiger partial charge in [0.2, 0.25) is 6.79 Å². The SMILES string of the molecule is O=C(CC1(O)C(=O)N(Cc2ccccc2)c2ccc(Br)cc21)c1ccc2c(c1)OCO2. The van der Waals surface area contributed by atoms with Gasteiger partial charge in [0, 0.05) is 15.6 Å². The number of benzene rings is 3. The largest absolute Gasteiger partial charge is 0.454 e. The third-order valence-electron chi connectivity index (χ3n) is 5.59. The van der Waals surface area contributed by atoms with Gasteiger partial charge in [0.1, 0.15) is 0 Å². The molecule has 6 nitrogen and oxygen atoms in total. The maximum absolute atomic E-state index is 13.4. The molecule has 31 heavy (non-hydrogen) atoms. The second kappa shape index (κ2) is 7.51. The molecule has 0 aromatic heterocycles. The molecule has 0 aliphatic carbocycles. The van der Waals surface area contributed by atoms with Crippen molar-refractivity contribution in [1.82, 2.24) is 0 Å². The van der Waals surface area contributed by atoms with Gasteiger partial charge in [0.15, 0.2) is 22.9 Å². The number of nitrogens with zero attached hydrogens (tertiary/aromatic N) is 1. The number of halogens is 1. The Kier molecular flexibility index (Phi) is 4.79. The Labute approximate surface area is 187 Å². The Morgan fingerprint density at radius 1 is 1.03 bits per heavy atom. The van der Waals surface area contributed by atoms with Crippen molar-refractivity contribution in [2.45, 2.75) is 18.6 Å². The molecule has 0 bridgehead atoms. The van der Waals surface area contributed by atoms with E-state index in [-0.39, 0.29) is 19.0 Å². The molecule has 0 saturated carbocycles. The van der Waals surface area contributed by atoms with E-state index in [0.717, 1.165) is 10.0 Å². The zero-order valence-corrected chi connectivity index (χ0v) is 18.0. The Bertz CT molecular complexity index is 1200. The van der Waals surface area contributed by atoms with Crippen LogP contribution < -0.4 is 14.4 Å². The number of hydrogen-bond donors (Lipinski definition) is 1. The minimum atomic E-state index is -1.96. The summed E-state index contributed by atoms with van der Waals surface area (Å²) in [5.41, 5.74) is 0.330. The molecule has 0 spiro atoms. The maximum Gasteiger partial charge on any atom is 0.264 e. The summed E-state index contributed by atoms with van der Waals surface area (Å²) in [5.74, 6) is 0.167. The van der Waals surface area contributed by atoms with Gasteiger partial charge in [0.25, 0.3) is 5.91 Å². The minimum absolute atomic E-state index is 0.102. The van der Waals surface area contributed by atoms with Gasteiger partial charge in [-0.2, -0.15) is 0 Å². The van der Waals surface area contributed by atoms with Gasteiger partial charge in [-0.05, 0) is 42.0 Å². The van der Waals surface area contributed by atoms with E-state index >= 15 is 0 Å². The number of rotatable bonds is 5. The fourth-order valence-electron chi connectivity index (χ4n) is 4.02. The first-order valence-corrected chi connectivity index (χ1v) is 10.6. The molecule has 0 fully saturated rings. The van der Waals surface area contributed by atoms with Crippen LogP contribution in [0.15, 0.2) is 71.2 Å². The predicted octanol–water partition coefficient (Wildman–Crippen LogP) is 4.19. The highest BCUT2D eigenvalue weighted by atomic mass is 79.9. The monoisotopic (exact) mass is 479 g/mol. The molecule has 5 rings (SSSR count). The van der Waals surface area contributed by atoms with Crippen molar-refractivity contribution in [2.24, 2.45) is 0 Å². The maximum atomic E-state index is 13.4. The van der Waals surface area contributed by atoms with E-state index < -0.39 is 11.5 Å². The van der Waals surface area contributed by atoms with Crippen molar-refractivity contribution < 1.29 is 24.2 Å². The molecule has 3 aromatic carbocycles. The van der Waals surface area contributed by atoms with Crippen LogP contribution in [0.5, 0.6) is 11.5 Å². The normalized spacial score (nSPS) is 18.9. The highest BCUT2D eigenvalue weighted by Crippen LogP contribution is 2.45. The Morgan fingerprint density at radius 2 is 1.81 bits per heavy atom. The highest BCUT2D eigenvalue weighted by Gasteiger charge is 2.51. The van der Waals surface area contributed by atoms with Crippen LogP contribution in [0.25, 0.3) is 0 Å². The zero-order valence-electron chi connectivity index (χ0n) is 16.4. The van der Waals surface area contributed by atoms with Crippen LogP contribution in [0, 0.1) is 0 Å². The van der Waals surface area contributed by atoms with Gasteiger partial charge in [-0.15, -0.1) is 0 Å². The number of carbonyl (C=O) groups is 2. The fourth-order valence-corrected chi connectivity index (χ4v) is 4.38. The molecule has 156 valence electrons. The van der Waals surface area contributed by atoms with E-state index in [2.05, 4.69) is 15.9 Å². The first-order valence-electron chi connectivity index (χ1n) is 9.77. The van der Waals surface area contributed by atoms with Crippen molar-refractivity contribution in [1.29, 1.82) is 0 Å². The van der Waals surface area contributed by atoms with Gasteiger partial charge in [-0.3, -0.25) is 9.59 Å². The van der Waals surface area contributed by atoms with E-state index in [4.69, 9.17) is 9.47 Å². The van der Waals surface area contributed by atoms with Crippen LogP contribution in [-0.4, -0.2) is 23.6 Å². The van der Waals surface area contributed by atoms with Gasteiger partial charge < -0.3 is 19.5 Å². The number of anilines is 1. The molecule has 0 saturated heterocycles. The molecular formula is C24H18BrNO5. The van der Waals surface area contributed by atoms with Crippen molar-refractivity contribution in [3.8, 4) is 11.5 Å². The van der Waals surface area contributed by atoms with E-state index in [0.29, 0.717) is 34.9 Å². The van der Waals surface area contributed by atoms with E-state index in [1.807, 2.05) is 36.4 Å². The molecule has 1 unspecified atom stereocenters. The van der Waals surface area contributed by atoms with Crippen LogP contribution in [-0.2, 0) is 16.9 Å². The van der Waals surface area contributed by atoms with Gasteiger partial charge >= 0.3 is 0 Å². The lowest BCUT2D eigenvalue weighted by Crippen LogP contribution is -2.41.